The summed E-state index contributed by atoms with van der Waals surface area (Å²) in [6.07, 6.45) is 13.7. The van der Waals surface area contributed by atoms with Crippen molar-refractivity contribution in [2.45, 2.75) is 73.0 Å². The van der Waals surface area contributed by atoms with E-state index in [1.165, 1.54) is 64.2 Å². The summed E-state index contributed by atoms with van der Waals surface area (Å²) in [4.78, 5) is 0. The van der Waals surface area contributed by atoms with E-state index in [0.29, 0.717) is 0 Å². The summed E-state index contributed by atoms with van der Waals surface area (Å²) in [6, 6.07) is 0. The molecule has 0 bridgehead atoms. The van der Waals surface area contributed by atoms with Crippen LogP contribution in [0.3, 0.4) is 0 Å². The molecule has 88 valence electrons. The van der Waals surface area contributed by atoms with Gasteiger partial charge < -0.3 is 0 Å². The fourth-order valence-corrected chi connectivity index (χ4v) is 6.21. The van der Waals surface area contributed by atoms with Gasteiger partial charge in [-0.1, -0.05) is 0 Å². The third-order valence-electron chi connectivity index (χ3n) is 3.81. The Kier molecular flexibility index (Phi) is 4.31. The molecule has 2 aliphatic carbocycles. The maximum absolute atomic E-state index is 6.56. The molecule has 0 aliphatic heterocycles. The minimum absolute atomic E-state index is 0.277. The van der Waals surface area contributed by atoms with Crippen LogP contribution in [-0.2, 0) is 4.74 Å². The summed E-state index contributed by atoms with van der Waals surface area (Å²) in [5.74, 6) is 0. The fraction of sp³-hybridized carbons (Fsp3) is 1.00. The molecule has 0 radical (unpaired) electrons. The van der Waals surface area contributed by atoms with Gasteiger partial charge in [-0.3, -0.25) is 0 Å². The predicted molar refractivity (Wildman–Crippen MR) is 69.8 cm³/mol. The first-order valence-corrected chi connectivity index (χ1v) is 8.82. The molecule has 1 nitrogen and oxygen atoms in total. The molecular weight excluding hydrogens is 310 g/mol. The molecule has 0 saturated heterocycles. The van der Waals surface area contributed by atoms with E-state index < -0.39 is 0 Å². The average Bonchev–Trinajstić information content (AvgIpc) is 2.18. The van der Waals surface area contributed by atoms with Gasteiger partial charge in [-0.05, 0) is 0 Å². The Bertz CT molecular complexity index is 184. The monoisotopic (exact) mass is 334 g/mol. The van der Waals surface area contributed by atoms with Crippen LogP contribution in [0.5, 0.6) is 0 Å². The molecular formula is C12H24As2O. The quantitative estimate of drug-likeness (QED) is 0.697. The molecule has 0 N–H and O–H groups in total. The molecule has 2 aliphatic rings. The van der Waals surface area contributed by atoms with E-state index in [9.17, 15) is 0 Å². The molecule has 0 amide bonds. The first-order chi connectivity index (χ1) is 7.12. The third kappa shape index (κ3) is 3.52. The Balaban J connectivity index is 1.93. The van der Waals surface area contributed by atoms with E-state index in [0.717, 1.165) is 0 Å². The zero-order chi connectivity index (χ0) is 10.8. The Labute approximate surface area is 111 Å². The van der Waals surface area contributed by atoms with Crippen molar-refractivity contribution in [2.24, 2.45) is 0 Å². The standard InChI is InChI=1S/C12H24As2O/c13-11(7-3-1-4-8-11)15-12(14)9-5-2-6-10-12/h1-10,13-14H2. The van der Waals surface area contributed by atoms with Crippen LogP contribution in [0.15, 0.2) is 0 Å². The second kappa shape index (κ2) is 5.15. The number of rotatable bonds is 2. The van der Waals surface area contributed by atoms with E-state index in [2.05, 4.69) is 0 Å². The van der Waals surface area contributed by atoms with Crippen LogP contribution in [0, 0.1) is 0 Å². The summed E-state index contributed by atoms with van der Waals surface area (Å²) < 4.78 is 7.12. The van der Waals surface area contributed by atoms with Crippen molar-refractivity contribution in [3.8, 4) is 0 Å². The summed E-state index contributed by atoms with van der Waals surface area (Å²) in [6.45, 7) is 0. The zero-order valence-corrected chi connectivity index (χ0v) is 14.5. The van der Waals surface area contributed by atoms with E-state index in [4.69, 9.17) is 4.74 Å². The molecule has 2 atom stereocenters. The third-order valence-corrected chi connectivity index (χ3v) is 6.72. The normalized spacial score (nSPS) is 30.0. The molecule has 0 spiro atoms. The van der Waals surface area contributed by atoms with Gasteiger partial charge in [0.05, 0.1) is 0 Å². The van der Waals surface area contributed by atoms with Gasteiger partial charge >= 0.3 is 111 Å². The molecule has 0 aromatic heterocycles. The Hall–Kier alpha value is 1.08. The first-order valence-electron chi connectivity index (χ1n) is 6.40. The van der Waals surface area contributed by atoms with Crippen LogP contribution in [-0.4, -0.2) is 42.5 Å². The average molecular weight is 334 g/mol. The summed E-state index contributed by atoms with van der Waals surface area (Å²) in [5.41, 5.74) is 0. The SMILES string of the molecule is [AsH2]C1(OC2([AsH2])CCCCC2)CCCCC1. The Morgan fingerprint density at radius 1 is 0.600 bits per heavy atom. The Morgan fingerprint density at radius 3 is 1.27 bits per heavy atom. The number of ether oxygens (including phenoxy) is 1. The van der Waals surface area contributed by atoms with Crippen LogP contribution >= 0.6 is 0 Å². The van der Waals surface area contributed by atoms with Gasteiger partial charge in [-0.15, -0.1) is 0 Å². The van der Waals surface area contributed by atoms with E-state index in [-0.39, 0.29) is 8.78 Å². The maximum atomic E-state index is 6.56. The van der Waals surface area contributed by atoms with Gasteiger partial charge in [0.1, 0.15) is 0 Å². The van der Waals surface area contributed by atoms with Crippen molar-refractivity contribution >= 4 is 33.7 Å². The molecule has 15 heavy (non-hydrogen) atoms. The van der Waals surface area contributed by atoms with Gasteiger partial charge in [0, 0.05) is 0 Å². The van der Waals surface area contributed by atoms with Crippen LogP contribution < -0.4 is 0 Å². The molecule has 3 heteroatoms. The second-order valence-corrected chi connectivity index (χ2v) is 9.77. The van der Waals surface area contributed by atoms with Gasteiger partial charge in [0.2, 0.25) is 0 Å². The van der Waals surface area contributed by atoms with Crippen molar-refractivity contribution in [1.82, 2.24) is 0 Å². The van der Waals surface area contributed by atoms with Gasteiger partial charge in [-0.25, -0.2) is 0 Å². The summed E-state index contributed by atoms with van der Waals surface area (Å²) in [5, 5.41) is 0. The van der Waals surface area contributed by atoms with Crippen molar-refractivity contribution in [2.75, 3.05) is 0 Å². The molecule has 2 rings (SSSR count). The molecule has 0 aromatic rings. The van der Waals surface area contributed by atoms with Gasteiger partial charge in [0.15, 0.2) is 0 Å². The second-order valence-electron chi connectivity index (χ2n) is 5.35. The van der Waals surface area contributed by atoms with Crippen LogP contribution in [0.4, 0.5) is 0 Å². The van der Waals surface area contributed by atoms with E-state index in [1.807, 2.05) is 33.7 Å². The minimum atomic E-state index is 0.277. The van der Waals surface area contributed by atoms with Crippen LogP contribution in [0.2, 0.25) is 0 Å². The van der Waals surface area contributed by atoms with Crippen molar-refractivity contribution in [3.05, 3.63) is 0 Å². The molecule has 0 aromatic carbocycles. The summed E-state index contributed by atoms with van der Waals surface area (Å²) >= 11 is 3.70. The number of hydrogen-bond donors (Lipinski definition) is 0. The molecule has 2 unspecified atom stereocenters. The topological polar surface area (TPSA) is 9.23 Å². The van der Waals surface area contributed by atoms with Gasteiger partial charge in [-0.2, -0.15) is 0 Å². The molecule has 2 fully saturated rings. The fourth-order valence-electron chi connectivity index (χ4n) is 2.91. The van der Waals surface area contributed by atoms with Crippen molar-refractivity contribution in [3.63, 3.8) is 0 Å². The van der Waals surface area contributed by atoms with Crippen LogP contribution in [0.1, 0.15) is 64.2 Å². The molecule has 2 saturated carbocycles. The van der Waals surface area contributed by atoms with Crippen molar-refractivity contribution < 1.29 is 4.74 Å². The Morgan fingerprint density at radius 2 is 0.933 bits per heavy atom. The van der Waals surface area contributed by atoms with Crippen LogP contribution in [0.25, 0.3) is 0 Å². The van der Waals surface area contributed by atoms with E-state index in [1.54, 1.807) is 0 Å². The molecule has 0 heterocycles. The zero-order valence-electron chi connectivity index (χ0n) is 9.63. The van der Waals surface area contributed by atoms with E-state index >= 15 is 0 Å². The first kappa shape index (κ1) is 12.5. The number of hydrogen-bond acceptors (Lipinski definition) is 1. The van der Waals surface area contributed by atoms with Crippen molar-refractivity contribution in [1.29, 1.82) is 0 Å². The van der Waals surface area contributed by atoms with Gasteiger partial charge in [0.25, 0.3) is 0 Å². The predicted octanol–water partition coefficient (Wildman–Crippen LogP) is 1.59. The summed E-state index contributed by atoms with van der Waals surface area (Å²) in [7, 11) is 0.